The fourth-order valence-electron chi connectivity index (χ4n) is 2.08. The van der Waals surface area contributed by atoms with Crippen molar-refractivity contribution in [1.29, 1.82) is 0 Å². The third kappa shape index (κ3) is 3.05. The average molecular weight is 333 g/mol. The molecule has 1 unspecified atom stereocenters. The van der Waals surface area contributed by atoms with E-state index in [-0.39, 0.29) is 5.25 Å². The van der Waals surface area contributed by atoms with Gasteiger partial charge in [0.15, 0.2) is 0 Å². The number of rotatable bonds is 4. The number of hydrogen-bond acceptors (Lipinski definition) is 3. The van der Waals surface area contributed by atoms with Gasteiger partial charge in [0.25, 0.3) is 0 Å². The SMILES string of the molecule is CCc1cc(Br)ccc1NS(=O)(=O)C1CCNC1. The maximum atomic E-state index is 12.2. The lowest BCUT2D eigenvalue weighted by molar-refractivity contribution is 0.588. The fraction of sp³-hybridized carbons (Fsp3) is 0.500. The summed E-state index contributed by atoms with van der Waals surface area (Å²) < 4.78 is 28.1. The first kappa shape index (κ1) is 13.8. The zero-order chi connectivity index (χ0) is 13.2. The molecular weight excluding hydrogens is 316 g/mol. The van der Waals surface area contributed by atoms with Crippen LogP contribution >= 0.6 is 15.9 Å². The highest BCUT2D eigenvalue weighted by Gasteiger charge is 2.28. The molecule has 2 rings (SSSR count). The summed E-state index contributed by atoms with van der Waals surface area (Å²) in [7, 11) is -3.29. The van der Waals surface area contributed by atoms with Gasteiger partial charge in [-0.25, -0.2) is 8.42 Å². The van der Waals surface area contributed by atoms with E-state index in [4.69, 9.17) is 0 Å². The monoisotopic (exact) mass is 332 g/mol. The van der Waals surface area contributed by atoms with E-state index in [1.165, 1.54) is 0 Å². The van der Waals surface area contributed by atoms with Gasteiger partial charge in [0.05, 0.1) is 10.9 Å². The molecule has 0 aromatic heterocycles. The quantitative estimate of drug-likeness (QED) is 0.887. The van der Waals surface area contributed by atoms with Crippen LogP contribution in [0.2, 0.25) is 0 Å². The van der Waals surface area contributed by atoms with Crippen molar-refractivity contribution in [3.63, 3.8) is 0 Å². The largest absolute Gasteiger partial charge is 0.315 e. The molecule has 100 valence electrons. The highest BCUT2D eigenvalue weighted by atomic mass is 79.9. The van der Waals surface area contributed by atoms with E-state index in [9.17, 15) is 8.42 Å². The Morgan fingerprint density at radius 2 is 2.28 bits per heavy atom. The highest BCUT2D eigenvalue weighted by Crippen LogP contribution is 2.24. The van der Waals surface area contributed by atoms with Gasteiger partial charge in [0.1, 0.15) is 0 Å². The Bertz CT molecular complexity index is 525. The molecule has 0 radical (unpaired) electrons. The van der Waals surface area contributed by atoms with E-state index >= 15 is 0 Å². The second kappa shape index (κ2) is 5.59. The molecular formula is C12H17BrN2O2S. The molecule has 0 bridgehead atoms. The molecule has 0 spiro atoms. The van der Waals surface area contributed by atoms with Gasteiger partial charge in [0.2, 0.25) is 10.0 Å². The molecule has 0 aliphatic carbocycles. The molecule has 18 heavy (non-hydrogen) atoms. The molecule has 1 aromatic carbocycles. The summed E-state index contributed by atoms with van der Waals surface area (Å²) in [5, 5.41) is 2.75. The zero-order valence-corrected chi connectivity index (χ0v) is 12.6. The Morgan fingerprint density at radius 1 is 1.50 bits per heavy atom. The van der Waals surface area contributed by atoms with Gasteiger partial charge in [-0.15, -0.1) is 0 Å². The summed E-state index contributed by atoms with van der Waals surface area (Å²) in [4.78, 5) is 0. The number of nitrogens with one attached hydrogen (secondary N) is 2. The van der Waals surface area contributed by atoms with Crippen LogP contribution in [-0.2, 0) is 16.4 Å². The standard InChI is InChI=1S/C12H17BrN2O2S/c1-2-9-7-10(13)3-4-12(9)15-18(16,17)11-5-6-14-8-11/h3-4,7,11,14-15H,2,5-6,8H2,1H3. The molecule has 1 atom stereocenters. The summed E-state index contributed by atoms with van der Waals surface area (Å²) in [6.45, 7) is 3.32. The molecule has 1 aromatic rings. The molecule has 0 amide bonds. The third-order valence-electron chi connectivity index (χ3n) is 3.15. The first-order valence-electron chi connectivity index (χ1n) is 6.03. The lowest BCUT2D eigenvalue weighted by Crippen LogP contribution is -2.30. The lowest BCUT2D eigenvalue weighted by Gasteiger charge is -2.15. The molecule has 1 heterocycles. The Kier molecular flexibility index (Phi) is 4.29. The second-order valence-corrected chi connectivity index (χ2v) is 7.29. The topological polar surface area (TPSA) is 58.2 Å². The Labute approximate surface area is 116 Å². The smallest absolute Gasteiger partial charge is 0.236 e. The van der Waals surface area contributed by atoms with Gasteiger partial charge in [-0.1, -0.05) is 22.9 Å². The molecule has 1 aliphatic rings. The van der Waals surface area contributed by atoms with E-state index in [0.717, 1.165) is 23.0 Å². The summed E-state index contributed by atoms with van der Waals surface area (Å²) in [6, 6.07) is 5.61. The number of aryl methyl sites for hydroxylation is 1. The van der Waals surface area contributed by atoms with Crippen LogP contribution in [0.5, 0.6) is 0 Å². The zero-order valence-electron chi connectivity index (χ0n) is 10.2. The van der Waals surface area contributed by atoms with Crippen molar-refractivity contribution in [2.45, 2.75) is 25.0 Å². The molecule has 4 nitrogen and oxygen atoms in total. The maximum absolute atomic E-state index is 12.2. The lowest BCUT2D eigenvalue weighted by atomic mass is 10.1. The number of halogens is 1. The van der Waals surface area contributed by atoms with Gasteiger partial charge in [0, 0.05) is 11.0 Å². The molecule has 1 fully saturated rings. The van der Waals surface area contributed by atoms with Crippen molar-refractivity contribution in [1.82, 2.24) is 5.32 Å². The van der Waals surface area contributed by atoms with Crippen LogP contribution in [0.1, 0.15) is 18.9 Å². The molecule has 1 aliphatic heterocycles. The van der Waals surface area contributed by atoms with Gasteiger partial charge >= 0.3 is 0 Å². The third-order valence-corrected chi connectivity index (χ3v) is 5.43. The van der Waals surface area contributed by atoms with E-state index in [0.29, 0.717) is 18.7 Å². The summed E-state index contributed by atoms with van der Waals surface area (Å²) in [6.07, 6.45) is 1.47. The van der Waals surface area contributed by atoms with Gasteiger partial charge in [-0.2, -0.15) is 0 Å². The van der Waals surface area contributed by atoms with Crippen LogP contribution in [0.4, 0.5) is 5.69 Å². The summed E-state index contributed by atoms with van der Waals surface area (Å²) in [5.74, 6) is 0. The van der Waals surface area contributed by atoms with Crippen LogP contribution in [0.25, 0.3) is 0 Å². The van der Waals surface area contributed by atoms with Crippen molar-refractivity contribution in [3.05, 3.63) is 28.2 Å². The molecule has 2 N–H and O–H groups in total. The first-order chi connectivity index (χ1) is 8.53. The minimum Gasteiger partial charge on any atom is -0.315 e. The van der Waals surface area contributed by atoms with Crippen LogP contribution in [0, 0.1) is 0 Å². The van der Waals surface area contributed by atoms with Crippen molar-refractivity contribution < 1.29 is 8.42 Å². The molecule has 6 heteroatoms. The van der Waals surface area contributed by atoms with Crippen molar-refractivity contribution in [3.8, 4) is 0 Å². The maximum Gasteiger partial charge on any atom is 0.236 e. The number of sulfonamides is 1. The van der Waals surface area contributed by atoms with Crippen molar-refractivity contribution in [2.24, 2.45) is 0 Å². The minimum atomic E-state index is -3.29. The normalized spacial score (nSPS) is 20.0. The van der Waals surface area contributed by atoms with Crippen LogP contribution < -0.4 is 10.0 Å². The van der Waals surface area contributed by atoms with E-state index in [1.54, 1.807) is 0 Å². The van der Waals surface area contributed by atoms with E-state index in [2.05, 4.69) is 26.0 Å². The van der Waals surface area contributed by atoms with Gasteiger partial charge in [-0.05, 0) is 43.1 Å². The minimum absolute atomic E-state index is 0.328. The molecule has 0 saturated carbocycles. The predicted octanol–water partition coefficient (Wildman–Crippen LogP) is 2.12. The van der Waals surface area contributed by atoms with Crippen LogP contribution in [-0.4, -0.2) is 26.8 Å². The molecule has 1 saturated heterocycles. The number of hydrogen-bond donors (Lipinski definition) is 2. The Morgan fingerprint density at radius 3 is 2.89 bits per heavy atom. The Hall–Kier alpha value is -0.590. The number of anilines is 1. The van der Waals surface area contributed by atoms with Crippen molar-refractivity contribution >= 4 is 31.6 Å². The van der Waals surface area contributed by atoms with Crippen LogP contribution in [0.3, 0.4) is 0 Å². The predicted molar refractivity (Wildman–Crippen MR) is 77.3 cm³/mol. The summed E-state index contributed by atoms with van der Waals surface area (Å²) in [5.41, 5.74) is 1.69. The van der Waals surface area contributed by atoms with Gasteiger partial charge < -0.3 is 5.32 Å². The first-order valence-corrected chi connectivity index (χ1v) is 8.37. The average Bonchev–Trinajstić information content (AvgIpc) is 2.85. The van der Waals surface area contributed by atoms with E-state index < -0.39 is 10.0 Å². The van der Waals surface area contributed by atoms with Gasteiger partial charge in [-0.3, -0.25) is 4.72 Å². The van der Waals surface area contributed by atoms with E-state index in [1.807, 2.05) is 25.1 Å². The second-order valence-electron chi connectivity index (χ2n) is 4.42. The van der Waals surface area contributed by atoms with Crippen molar-refractivity contribution in [2.75, 3.05) is 17.8 Å². The fourth-order valence-corrected chi connectivity index (χ4v) is 3.93. The summed E-state index contributed by atoms with van der Waals surface area (Å²) >= 11 is 3.40. The highest BCUT2D eigenvalue weighted by molar-refractivity contribution is 9.10. The van der Waals surface area contributed by atoms with Crippen LogP contribution in [0.15, 0.2) is 22.7 Å². The number of benzene rings is 1. The Balaban J connectivity index is 2.23.